The lowest BCUT2D eigenvalue weighted by Gasteiger charge is -2.30. The second kappa shape index (κ2) is 6.48. The van der Waals surface area contributed by atoms with Crippen LogP contribution in [0.3, 0.4) is 0 Å². The standard InChI is InChI=1S/C18H24N6O/c1-11-12(2)20-17(19-11)13-6-8-24(9-7-13)10-15-21-14-4-5-16(25-3)23-18(14)22-15/h4-5,13H,6-10H2,1-3H3,(H,19,20)(H,21,22,23). The summed E-state index contributed by atoms with van der Waals surface area (Å²) in [6.07, 6.45) is 2.25. The molecule has 0 saturated carbocycles. The minimum absolute atomic E-state index is 0.533. The van der Waals surface area contributed by atoms with Gasteiger partial charge in [-0.05, 0) is 45.8 Å². The lowest BCUT2D eigenvalue weighted by Crippen LogP contribution is -2.33. The van der Waals surface area contributed by atoms with Crippen LogP contribution >= 0.6 is 0 Å². The zero-order chi connectivity index (χ0) is 17.4. The molecule has 7 nitrogen and oxygen atoms in total. The Bertz CT molecular complexity index is 855. The first kappa shape index (κ1) is 16.1. The minimum Gasteiger partial charge on any atom is -0.481 e. The topological polar surface area (TPSA) is 82.7 Å². The maximum atomic E-state index is 5.16. The zero-order valence-corrected chi connectivity index (χ0v) is 15.0. The number of hydrogen-bond acceptors (Lipinski definition) is 5. The fourth-order valence-electron chi connectivity index (χ4n) is 3.46. The first-order chi connectivity index (χ1) is 12.1. The number of methoxy groups -OCH3 is 1. The van der Waals surface area contributed by atoms with Crippen molar-refractivity contribution in [1.82, 2.24) is 29.8 Å². The van der Waals surface area contributed by atoms with E-state index in [1.807, 2.05) is 12.1 Å². The van der Waals surface area contributed by atoms with Crippen LogP contribution in [0.15, 0.2) is 12.1 Å². The van der Waals surface area contributed by atoms with Crippen LogP contribution in [0.4, 0.5) is 0 Å². The molecule has 3 aromatic rings. The third kappa shape index (κ3) is 3.24. The number of H-pyrrole nitrogens is 2. The van der Waals surface area contributed by atoms with E-state index in [4.69, 9.17) is 4.74 Å². The maximum absolute atomic E-state index is 5.16. The number of fused-ring (bicyclic) bond motifs is 1. The van der Waals surface area contributed by atoms with Gasteiger partial charge in [0.15, 0.2) is 5.65 Å². The average Bonchev–Trinajstić information content (AvgIpc) is 3.17. The molecule has 25 heavy (non-hydrogen) atoms. The van der Waals surface area contributed by atoms with Crippen LogP contribution in [0, 0.1) is 13.8 Å². The molecule has 4 rings (SSSR count). The fraction of sp³-hybridized carbons (Fsp3) is 0.500. The van der Waals surface area contributed by atoms with E-state index in [1.54, 1.807) is 7.11 Å². The van der Waals surface area contributed by atoms with Crippen LogP contribution in [0.25, 0.3) is 11.2 Å². The van der Waals surface area contributed by atoms with Gasteiger partial charge in [0.25, 0.3) is 0 Å². The molecule has 1 fully saturated rings. The quantitative estimate of drug-likeness (QED) is 0.763. The van der Waals surface area contributed by atoms with Gasteiger partial charge >= 0.3 is 0 Å². The normalized spacial score (nSPS) is 16.6. The molecule has 1 aliphatic heterocycles. The van der Waals surface area contributed by atoms with Gasteiger partial charge < -0.3 is 14.7 Å². The molecule has 3 aromatic heterocycles. The van der Waals surface area contributed by atoms with Gasteiger partial charge in [-0.25, -0.2) is 9.97 Å². The van der Waals surface area contributed by atoms with Crippen molar-refractivity contribution >= 4 is 11.2 Å². The molecule has 0 aromatic carbocycles. The molecule has 0 aliphatic carbocycles. The summed E-state index contributed by atoms with van der Waals surface area (Å²) >= 11 is 0. The van der Waals surface area contributed by atoms with Crippen molar-refractivity contribution in [1.29, 1.82) is 0 Å². The van der Waals surface area contributed by atoms with Crippen molar-refractivity contribution in [2.24, 2.45) is 0 Å². The van der Waals surface area contributed by atoms with Gasteiger partial charge in [0.2, 0.25) is 5.88 Å². The van der Waals surface area contributed by atoms with Crippen LogP contribution in [0.5, 0.6) is 5.88 Å². The Labute approximate surface area is 146 Å². The Morgan fingerprint density at radius 3 is 2.60 bits per heavy atom. The molecular formula is C18H24N6O. The van der Waals surface area contributed by atoms with E-state index < -0.39 is 0 Å². The molecule has 0 radical (unpaired) electrons. The third-order valence-corrected chi connectivity index (χ3v) is 5.07. The molecule has 7 heteroatoms. The van der Waals surface area contributed by atoms with Crippen molar-refractivity contribution < 1.29 is 4.74 Å². The molecule has 0 bridgehead atoms. The molecule has 0 atom stereocenters. The molecule has 0 amide bonds. The van der Waals surface area contributed by atoms with Gasteiger partial charge in [-0.1, -0.05) is 0 Å². The van der Waals surface area contributed by atoms with E-state index in [0.717, 1.165) is 55.3 Å². The molecule has 0 unspecified atom stereocenters. The summed E-state index contributed by atoms with van der Waals surface area (Å²) in [7, 11) is 1.62. The highest BCUT2D eigenvalue weighted by atomic mass is 16.5. The van der Waals surface area contributed by atoms with Gasteiger partial charge in [0.1, 0.15) is 11.6 Å². The SMILES string of the molecule is COc1ccc2[nH]c(CN3CCC(c4nc(C)c(C)[nH]4)CC3)nc2n1. The van der Waals surface area contributed by atoms with E-state index in [-0.39, 0.29) is 0 Å². The average molecular weight is 340 g/mol. The number of piperidine rings is 1. The number of likely N-dealkylation sites (tertiary alicyclic amines) is 1. The highest BCUT2D eigenvalue weighted by molar-refractivity contribution is 5.71. The summed E-state index contributed by atoms with van der Waals surface area (Å²) in [5.41, 5.74) is 3.96. The van der Waals surface area contributed by atoms with E-state index in [2.05, 4.69) is 43.7 Å². The predicted octanol–water partition coefficient (Wildman–Crippen LogP) is 2.69. The number of imidazole rings is 2. The fourth-order valence-corrected chi connectivity index (χ4v) is 3.46. The van der Waals surface area contributed by atoms with Crippen molar-refractivity contribution in [2.75, 3.05) is 20.2 Å². The Morgan fingerprint density at radius 2 is 1.92 bits per heavy atom. The number of rotatable bonds is 4. The Morgan fingerprint density at radius 1 is 1.12 bits per heavy atom. The number of ether oxygens (including phenoxy) is 1. The summed E-state index contributed by atoms with van der Waals surface area (Å²) in [5, 5.41) is 0. The maximum Gasteiger partial charge on any atom is 0.215 e. The highest BCUT2D eigenvalue weighted by Crippen LogP contribution is 2.27. The second-order valence-electron chi connectivity index (χ2n) is 6.79. The van der Waals surface area contributed by atoms with Gasteiger partial charge in [-0.15, -0.1) is 0 Å². The molecular weight excluding hydrogens is 316 g/mol. The third-order valence-electron chi connectivity index (χ3n) is 5.07. The number of hydrogen-bond donors (Lipinski definition) is 2. The highest BCUT2D eigenvalue weighted by Gasteiger charge is 2.23. The molecule has 132 valence electrons. The van der Waals surface area contributed by atoms with E-state index >= 15 is 0 Å². The van der Waals surface area contributed by atoms with Crippen LogP contribution in [0.1, 0.15) is 41.8 Å². The predicted molar refractivity (Wildman–Crippen MR) is 95.8 cm³/mol. The number of nitrogens with zero attached hydrogens (tertiary/aromatic N) is 4. The molecule has 2 N–H and O–H groups in total. The summed E-state index contributed by atoms with van der Waals surface area (Å²) in [4.78, 5) is 22.9. The minimum atomic E-state index is 0.533. The Balaban J connectivity index is 1.39. The van der Waals surface area contributed by atoms with Crippen molar-refractivity contribution in [2.45, 2.75) is 39.2 Å². The molecule has 1 aliphatic rings. The monoisotopic (exact) mass is 340 g/mol. The number of pyridine rings is 1. The van der Waals surface area contributed by atoms with E-state index in [1.165, 1.54) is 5.69 Å². The molecule has 1 saturated heterocycles. The summed E-state index contributed by atoms with van der Waals surface area (Å²) < 4.78 is 5.16. The molecule has 4 heterocycles. The Kier molecular flexibility index (Phi) is 4.17. The Hall–Kier alpha value is -2.41. The van der Waals surface area contributed by atoms with E-state index in [0.29, 0.717) is 17.4 Å². The van der Waals surface area contributed by atoms with Gasteiger partial charge in [-0.2, -0.15) is 4.98 Å². The van der Waals surface area contributed by atoms with Crippen molar-refractivity contribution in [3.63, 3.8) is 0 Å². The zero-order valence-electron chi connectivity index (χ0n) is 15.0. The van der Waals surface area contributed by atoms with E-state index in [9.17, 15) is 0 Å². The number of nitrogens with one attached hydrogen (secondary N) is 2. The van der Waals surface area contributed by atoms with Crippen LogP contribution < -0.4 is 4.74 Å². The number of aryl methyl sites for hydroxylation is 2. The lowest BCUT2D eigenvalue weighted by atomic mass is 9.96. The first-order valence-corrected chi connectivity index (χ1v) is 8.77. The van der Waals surface area contributed by atoms with Gasteiger partial charge in [0.05, 0.1) is 24.9 Å². The second-order valence-corrected chi connectivity index (χ2v) is 6.79. The number of aromatic amines is 2. The van der Waals surface area contributed by atoms with Gasteiger partial charge in [-0.3, -0.25) is 4.90 Å². The summed E-state index contributed by atoms with van der Waals surface area (Å²) in [6, 6.07) is 3.81. The summed E-state index contributed by atoms with van der Waals surface area (Å²) in [6.45, 7) is 7.08. The van der Waals surface area contributed by atoms with Crippen molar-refractivity contribution in [3.8, 4) is 5.88 Å². The van der Waals surface area contributed by atoms with Gasteiger partial charge in [0, 0.05) is 17.7 Å². The first-order valence-electron chi connectivity index (χ1n) is 8.77. The smallest absolute Gasteiger partial charge is 0.215 e. The van der Waals surface area contributed by atoms with Crippen LogP contribution in [-0.2, 0) is 6.54 Å². The van der Waals surface area contributed by atoms with Crippen LogP contribution in [0.2, 0.25) is 0 Å². The number of aromatic nitrogens is 5. The largest absolute Gasteiger partial charge is 0.481 e. The lowest BCUT2D eigenvalue weighted by molar-refractivity contribution is 0.198. The summed E-state index contributed by atoms with van der Waals surface area (Å²) in [5.74, 6) is 3.23. The van der Waals surface area contributed by atoms with Crippen LogP contribution in [-0.4, -0.2) is 50.0 Å². The molecule has 0 spiro atoms. The van der Waals surface area contributed by atoms with Crippen molar-refractivity contribution in [3.05, 3.63) is 35.2 Å².